The van der Waals surface area contributed by atoms with Crippen LogP contribution in [0.3, 0.4) is 0 Å². The SMILES string of the molecule is Fc1ccc(CN2CCc3nc(N4CCCCC4)nc(Oc4ccc(F)cc4F)c3C2)cc1. The van der Waals surface area contributed by atoms with Crippen molar-refractivity contribution in [2.24, 2.45) is 0 Å². The summed E-state index contributed by atoms with van der Waals surface area (Å²) in [7, 11) is 0. The molecule has 2 aliphatic heterocycles. The summed E-state index contributed by atoms with van der Waals surface area (Å²) in [6, 6.07) is 9.69. The van der Waals surface area contributed by atoms with E-state index in [9.17, 15) is 13.2 Å². The van der Waals surface area contributed by atoms with Gasteiger partial charge in [-0.2, -0.15) is 4.98 Å². The van der Waals surface area contributed by atoms with Gasteiger partial charge >= 0.3 is 0 Å². The van der Waals surface area contributed by atoms with Crippen molar-refractivity contribution in [3.8, 4) is 11.6 Å². The Morgan fingerprint density at radius 2 is 1.61 bits per heavy atom. The normalized spacial score (nSPS) is 16.5. The van der Waals surface area contributed by atoms with Gasteiger partial charge in [0, 0.05) is 45.2 Å². The average molecular weight is 454 g/mol. The molecule has 8 heteroatoms. The first-order valence-electron chi connectivity index (χ1n) is 11.3. The number of anilines is 1. The predicted octanol–water partition coefficient (Wildman–Crippen LogP) is 5.23. The van der Waals surface area contributed by atoms with Crippen LogP contribution in [0, 0.1) is 17.5 Å². The molecule has 0 spiro atoms. The minimum Gasteiger partial charge on any atom is -0.435 e. The van der Waals surface area contributed by atoms with Gasteiger partial charge in [0.25, 0.3) is 0 Å². The first kappa shape index (κ1) is 21.7. The van der Waals surface area contributed by atoms with Crippen LogP contribution < -0.4 is 9.64 Å². The summed E-state index contributed by atoms with van der Waals surface area (Å²) in [4.78, 5) is 13.9. The first-order valence-corrected chi connectivity index (χ1v) is 11.3. The third-order valence-electron chi connectivity index (χ3n) is 6.15. The van der Waals surface area contributed by atoms with Crippen molar-refractivity contribution in [2.45, 2.75) is 38.8 Å². The van der Waals surface area contributed by atoms with Gasteiger partial charge in [0.15, 0.2) is 11.6 Å². The van der Waals surface area contributed by atoms with E-state index in [4.69, 9.17) is 9.72 Å². The maximum Gasteiger partial charge on any atom is 0.229 e. The maximum absolute atomic E-state index is 14.4. The van der Waals surface area contributed by atoms with E-state index in [1.165, 1.54) is 30.7 Å². The number of hydrogen-bond donors (Lipinski definition) is 0. The summed E-state index contributed by atoms with van der Waals surface area (Å²) in [6.07, 6.45) is 4.04. The summed E-state index contributed by atoms with van der Waals surface area (Å²) in [5.74, 6) is -0.881. The highest BCUT2D eigenvalue weighted by molar-refractivity contribution is 5.44. The molecule has 0 aliphatic carbocycles. The Labute approximate surface area is 190 Å². The van der Waals surface area contributed by atoms with Crippen molar-refractivity contribution in [1.29, 1.82) is 0 Å². The molecule has 2 aromatic carbocycles. The van der Waals surface area contributed by atoms with Crippen LogP contribution in [0.1, 0.15) is 36.1 Å². The molecule has 2 aliphatic rings. The van der Waals surface area contributed by atoms with Crippen LogP contribution in [0.5, 0.6) is 11.6 Å². The molecular formula is C25H25F3N4O. The Hall–Kier alpha value is -3.13. The molecule has 0 bridgehead atoms. The molecule has 3 aromatic rings. The Bertz CT molecular complexity index is 1130. The number of ether oxygens (including phenoxy) is 1. The highest BCUT2D eigenvalue weighted by Crippen LogP contribution is 2.33. The van der Waals surface area contributed by atoms with Crippen LogP contribution >= 0.6 is 0 Å². The third-order valence-corrected chi connectivity index (χ3v) is 6.15. The lowest BCUT2D eigenvalue weighted by atomic mass is 10.1. The van der Waals surface area contributed by atoms with Crippen molar-refractivity contribution in [2.75, 3.05) is 24.5 Å². The van der Waals surface area contributed by atoms with Crippen LogP contribution in [0.4, 0.5) is 19.1 Å². The number of halogens is 3. The molecule has 172 valence electrons. The molecule has 3 heterocycles. The van der Waals surface area contributed by atoms with Crippen molar-refractivity contribution in [3.05, 3.63) is 76.7 Å². The Morgan fingerprint density at radius 1 is 0.848 bits per heavy atom. The number of aromatic nitrogens is 2. The summed E-state index contributed by atoms with van der Waals surface area (Å²) in [5, 5.41) is 0. The summed E-state index contributed by atoms with van der Waals surface area (Å²) < 4.78 is 46.9. The molecule has 0 atom stereocenters. The zero-order valence-electron chi connectivity index (χ0n) is 18.2. The van der Waals surface area contributed by atoms with E-state index in [0.29, 0.717) is 31.3 Å². The standard InChI is InChI=1S/C25H25F3N4O/c26-18-6-4-17(5-7-18)15-31-13-10-22-20(16-31)24(33-23-9-8-19(27)14-21(23)28)30-25(29-22)32-11-2-1-3-12-32/h4-9,14H,1-3,10-13,15-16H2. The topological polar surface area (TPSA) is 41.5 Å². The van der Waals surface area contributed by atoms with Crippen LogP contribution in [-0.4, -0.2) is 34.5 Å². The average Bonchev–Trinajstić information content (AvgIpc) is 2.83. The summed E-state index contributed by atoms with van der Waals surface area (Å²) in [5.41, 5.74) is 2.68. The van der Waals surface area contributed by atoms with Crippen LogP contribution in [0.2, 0.25) is 0 Å². The zero-order valence-corrected chi connectivity index (χ0v) is 18.2. The number of hydrogen-bond acceptors (Lipinski definition) is 5. The van der Waals surface area contributed by atoms with Crippen LogP contribution in [0.15, 0.2) is 42.5 Å². The molecule has 0 amide bonds. The molecule has 0 saturated carbocycles. The largest absolute Gasteiger partial charge is 0.435 e. The predicted molar refractivity (Wildman–Crippen MR) is 119 cm³/mol. The van der Waals surface area contributed by atoms with Gasteiger partial charge in [0.05, 0.1) is 11.3 Å². The fraction of sp³-hybridized carbons (Fsp3) is 0.360. The second-order valence-corrected chi connectivity index (χ2v) is 8.57. The molecule has 0 N–H and O–H groups in total. The monoisotopic (exact) mass is 454 g/mol. The van der Waals surface area contributed by atoms with E-state index in [0.717, 1.165) is 55.4 Å². The summed E-state index contributed by atoms with van der Waals surface area (Å²) >= 11 is 0. The molecule has 0 radical (unpaired) electrons. The van der Waals surface area contributed by atoms with Crippen molar-refractivity contribution >= 4 is 5.95 Å². The molecular weight excluding hydrogens is 429 g/mol. The maximum atomic E-state index is 14.4. The molecule has 5 rings (SSSR count). The van der Waals surface area contributed by atoms with Crippen molar-refractivity contribution in [3.63, 3.8) is 0 Å². The minimum absolute atomic E-state index is 0.0717. The van der Waals surface area contributed by atoms with E-state index < -0.39 is 11.6 Å². The molecule has 0 unspecified atom stereocenters. The van der Waals surface area contributed by atoms with E-state index in [-0.39, 0.29) is 11.6 Å². The van der Waals surface area contributed by atoms with Crippen molar-refractivity contribution < 1.29 is 17.9 Å². The lowest BCUT2D eigenvalue weighted by Crippen LogP contribution is -2.34. The molecule has 33 heavy (non-hydrogen) atoms. The smallest absolute Gasteiger partial charge is 0.229 e. The number of nitrogens with zero attached hydrogens (tertiary/aromatic N) is 4. The van der Waals surface area contributed by atoms with E-state index >= 15 is 0 Å². The van der Waals surface area contributed by atoms with Gasteiger partial charge in [-0.05, 0) is 49.1 Å². The van der Waals surface area contributed by atoms with Gasteiger partial charge < -0.3 is 9.64 Å². The molecule has 5 nitrogen and oxygen atoms in total. The lowest BCUT2D eigenvalue weighted by molar-refractivity contribution is 0.237. The number of fused-ring (bicyclic) bond motifs is 1. The number of benzene rings is 2. The molecule has 1 saturated heterocycles. The van der Waals surface area contributed by atoms with Gasteiger partial charge in [-0.1, -0.05) is 12.1 Å². The fourth-order valence-corrected chi connectivity index (χ4v) is 4.39. The second kappa shape index (κ2) is 9.39. The van der Waals surface area contributed by atoms with E-state index in [2.05, 4.69) is 14.8 Å². The second-order valence-electron chi connectivity index (χ2n) is 8.57. The van der Waals surface area contributed by atoms with Crippen LogP contribution in [0.25, 0.3) is 0 Å². The van der Waals surface area contributed by atoms with Crippen LogP contribution in [-0.2, 0) is 19.5 Å². The van der Waals surface area contributed by atoms with E-state index in [1.807, 2.05) is 0 Å². The number of piperidine rings is 1. The van der Waals surface area contributed by atoms with Gasteiger partial charge in [-0.25, -0.2) is 18.2 Å². The minimum atomic E-state index is -0.777. The quantitative estimate of drug-likeness (QED) is 0.528. The zero-order chi connectivity index (χ0) is 22.8. The number of rotatable bonds is 5. The van der Waals surface area contributed by atoms with E-state index in [1.54, 1.807) is 12.1 Å². The van der Waals surface area contributed by atoms with Crippen molar-refractivity contribution in [1.82, 2.24) is 14.9 Å². The fourth-order valence-electron chi connectivity index (χ4n) is 4.39. The first-order chi connectivity index (χ1) is 16.0. The summed E-state index contributed by atoms with van der Waals surface area (Å²) in [6.45, 7) is 3.69. The molecule has 1 fully saturated rings. The Morgan fingerprint density at radius 3 is 2.36 bits per heavy atom. The van der Waals surface area contributed by atoms with Gasteiger partial charge in [-0.3, -0.25) is 4.90 Å². The highest BCUT2D eigenvalue weighted by atomic mass is 19.1. The molecule has 1 aromatic heterocycles. The Balaban J connectivity index is 1.46. The Kier molecular flexibility index (Phi) is 6.17. The van der Waals surface area contributed by atoms with Gasteiger partial charge in [-0.15, -0.1) is 0 Å². The highest BCUT2D eigenvalue weighted by Gasteiger charge is 2.26. The third kappa shape index (κ3) is 4.95. The van der Waals surface area contributed by atoms with Gasteiger partial charge in [0.1, 0.15) is 11.6 Å². The van der Waals surface area contributed by atoms with Gasteiger partial charge in [0.2, 0.25) is 11.8 Å². The lowest BCUT2D eigenvalue weighted by Gasteiger charge is -2.32.